The first-order chi connectivity index (χ1) is 11.9. The molecule has 0 radical (unpaired) electrons. The predicted octanol–water partition coefficient (Wildman–Crippen LogP) is 4.79. The highest BCUT2D eigenvalue weighted by Gasteiger charge is 2.39. The largest absolute Gasteiger partial charge is 0.494 e. The zero-order valence-electron chi connectivity index (χ0n) is 13.0. The number of hydrogen-bond acceptors (Lipinski definition) is 3. The van der Waals surface area contributed by atoms with Crippen molar-refractivity contribution in [2.75, 3.05) is 13.7 Å². The molecule has 3 rings (SSSR count). The van der Waals surface area contributed by atoms with E-state index in [1.165, 1.54) is 7.11 Å². The molecule has 0 bridgehead atoms. The van der Waals surface area contributed by atoms with Crippen LogP contribution in [-0.4, -0.2) is 24.6 Å². The number of carbonyl (C=O) groups excluding carboxylic acids is 1. The summed E-state index contributed by atoms with van der Waals surface area (Å²) in [7, 11) is 1.17. The molecule has 8 heteroatoms. The number of ether oxygens (including phenoxy) is 2. The maximum absolute atomic E-state index is 14.7. The number of hydrogen-bond donors (Lipinski definition) is 0. The molecule has 0 aliphatic carbocycles. The summed E-state index contributed by atoms with van der Waals surface area (Å²) >= 11 is 5.80. The van der Waals surface area contributed by atoms with Gasteiger partial charge in [0.25, 0.3) is 0 Å². The van der Waals surface area contributed by atoms with Crippen LogP contribution >= 0.6 is 11.6 Å². The van der Waals surface area contributed by atoms with E-state index in [2.05, 4.69) is 4.74 Å². The third-order valence-electron chi connectivity index (χ3n) is 3.91. The normalized spacial score (nSPS) is 18.2. The monoisotopic (exact) mass is 371 g/mol. The van der Waals surface area contributed by atoms with Crippen LogP contribution in [0.5, 0.6) is 5.75 Å². The standard InChI is InChI=1S/C17H13ClF3NO3/c1-24-12-7-6-11(14(19)15(12)20)16(21)22-8-13(25-17(22)23)9-2-4-10(18)5-3-9/h2-7,13,16H,8H2,1H3. The van der Waals surface area contributed by atoms with Crippen LogP contribution in [0.3, 0.4) is 0 Å². The van der Waals surface area contributed by atoms with E-state index in [0.717, 1.165) is 12.1 Å². The van der Waals surface area contributed by atoms with Crippen LogP contribution in [0.25, 0.3) is 0 Å². The Bertz CT molecular complexity index is 800. The Hall–Kier alpha value is -2.41. The van der Waals surface area contributed by atoms with Crippen molar-refractivity contribution in [3.63, 3.8) is 0 Å². The Morgan fingerprint density at radius 1 is 1.20 bits per heavy atom. The van der Waals surface area contributed by atoms with Crippen LogP contribution in [0.2, 0.25) is 5.02 Å². The molecule has 25 heavy (non-hydrogen) atoms. The van der Waals surface area contributed by atoms with Gasteiger partial charge in [-0.15, -0.1) is 0 Å². The predicted molar refractivity (Wildman–Crippen MR) is 84.1 cm³/mol. The van der Waals surface area contributed by atoms with Crippen LogP contribution in [0, 0.1) is 11.6 Å². The van der Waals surface area contributed by atoms with Crippen molar-refractivity contribution < 1.29 is 27.4 Å². The fourth-order valence-electron chi connectivity index (χ4n) is 2.57. The lowest BCUT2D eigenvalue weighted by atomic mass is 10.1. The van der Waals surface area contributed by atoms with E-state index in [1.807, 2.05) is 0 Å². The minimum atomic E-state index is -2.19. The summed E-state index contributed by atoms with van der Waals surface area (Å²) in [5.74, 6) is -3.07. The van der Waals surface area contributed by atoms with E-state index in [4.69, 9.17) is 16.3 Å². The van der Waals surface area contributed by atoms with Gasteiger partial charge in [-0.3, -0.25) is 4.90 Å². The SMILES string of the molecule is COc1ccc(C(F)N2CC(c3ccc(Cl)cc3)OC2=O)c(F)c1F. The van der Waals surface area contributed by atoms with E-state index in [9.17, 15) is 18.0 Å². The van der Waals surface area contributed by atoms with E-state index < -0.39 is 35.7 Å². The van der Waals surface area contributed by atoms with Gasteiger partial charge in [-0.05, 0) is 29.8 Å². The molecular formula is C17H13ClF3NO3. The Balaban J connectivity index is 1.83. The highest BCUT2D eigenvalue weighted by molar-refractivity contribution is 6.30. The smallest absolute Gasteiger partial charge is 0.413 e. The lowest BCUT2D eigenvalue weighted by Crippen LogP contribution is -2.28. The maximum Gasteiger partial charge on any atom is 0.413 e. The number of cyclic esters (lactones) is 1. The van der Waals surface area contributed by atoms with Gasteiger partial charge in [-0.25, -0.2) is 13.6 Å². The van der Waals surface area contributed by atoms with Crippen molar-refractivity contribution >= 4 is 17.7 Å². The van der Waals surface area contributed by atoms with Gasteiger partial charge in [0.05, 0.1) is 13.7 Å². The number of alkyl halides is 1. The number of halogens is 4. The van der Waals surface area contributed by atoms with Crippen LogP contribution in [0.15, 0.2) is 36.4 Å². The van der Waals surface area contributed by atoms with Gasteiger partial charge in [0.15, 0.2) is 11.6 Å². The van der Waals surface area contributed by atoms with Crippen molar-refractivity contribution in [1.29, 1.82) is 0 Å². The molecule has 2 aromatic carbocycles. The molecule has 0 aromatic heterocycles. The Labute approximate surface area is 146 Å². The van der Waals surface area contributed by atoms with Gasteiger partial charge >= 0.3 is 6.09 Å². The topological polar surface area (TPSA) is 38.8 Å². The fourth-order valence-corrected chi connectivity index (χ4v) is 2.70. The molecule has 0 N–H and O–H groups in total. The zero-order valence-corrected chi connectivity index (χ0v) is 13.8. The second-order valence-electron chi connectivity index (χ2n) is 5.40. The summed E-state index contributed by atoms with van der Waals surface area (Å²) in [6.07, 6.45) is -3.87. The van der Waals surface area contributed by atoms with Crippen LogP contribution in [-0.2, 0) is 4.74 Å². The number of nitrogens with zero attached hydrogens (tertiary/aromatic N) is 1. The molecule has 0 spiro atoms. The summed E-state index contributed by atoms with van der Waals surface area (Å²) in [5, 5.41) is 0.504. The van der Waals surface area contributed by atoms with Crippen molar-refractivity contribution in [3.8, 4) is 5.75 Å². The Kier molecular flexibility index (Phi) is 4.76. The number of methoxy groups -OCH3 is 1. The van der Waals surface area contributed by atoms with Gasteiger partial charge in [0, 0.05) is 10.6 Å². The Morgan fingerprint density at radius 2 is 1.88 bits per heavy atom. The number of benzene rings is 2. The quantitative estimate of drug-likeness (QED) is 0.725. The number of amides is 1. The first kappa shape index (κ1) is 17.4. The maximum atomic E-state index is 14.7. The molecule has 132 valence electrons. The third-order valence-corrected chi connectivity index (χ3v) is 4.16. The molecule has 1 saturated heterocycles. The van der Waals surface area contributed by atoms with Gasteiger partial charge in [-0.1, -0.05) is 23.7 Å². The number of carbonyl (C=O) groups is 1. The minimum absolute atomic E-state index is 0.144. The average Bonchev–Trinajstić information content (AvgIpc) is 2.99. The highest BCUT2D eigenvalue weighted by atomic mass is 35.5. The first-order valence-electron chi connectivity index (χ1n) is 7.31. The van der Waals surface area contributed by atoms with Crippen molar-refractivity contribution in [2.45, 2.75) is 12.4 Å². The molecule has 1 aliphatic heterocycles. The summed E-state index contributed by atoms with van der Waals surface area (Å²) < 4.78 is 52.3. The van der Waals surface area contributed by atoms with Crippen molar-refractivity contribution in [3.05, 3.63) is 64.2 Å². The minimum Gasteiger partial charge on any atom is -0.494 e. The summed E-state index contributed by atoms with van der Waals surface area (Å²) in [4.78, 5) is 12.7. The molecule has 1 fully saturated rings. The van der Waals surface area contributed by atoms with Crippen molar-refractivity contribution in [2.24, 2.45) is 0 Å². The molecule has 2 unspecified atom stereocenters. The van der Waals surface area contributed by atoms with Gasteiger partial charge < -0.3 is 9.47 Å². The molecule has 4 nitrogen and oxygen atoms in total. The lowest BCUT2D eigenvalue weighted by molar-refractivity contribution is 0.0994. The molecule has 1 aliphatic rings. The highest BCUT2D eigenvalue weighted by Crippen LogP contribution is 2.36. The molecule has 1 heterocycles. The summed E-state index contributed by atoms with van der Waals surface area (Å²) in [6, 6.07) is 8.64. The van der Waals surface area contributed by atoms with Crippen LogP contribution in [0.1, 0.15) is 23.5 Å². The molecule has 2 aromatic rings. The van der Waals surface area contributed by atoms with Gasteiger partial charge in [0.1, 0.15) is 6.10 Å². The van der Waals surface area contributed by atoms with E-state index in [1.54, 1.807) is 24.3 Å². The van der Waals surface area contributed by atoms with E-state index in [0.29, 0.717) is 15.5 Å². The third kappa shape index (κ3) is 3.24. The Morgan fingerprint density at radius 3 is 2.52 bits per heavy atom. The summed E-state index contributed by atoms with van der Waals surface area (Å²) in [6.45, 7) is -0.144. The molecule has 1 amide bonds. The second kappa shape index (κ2) is 6.84. The molecule has 0 saturated carbocycles. The van der Waals surface area contributed by atoms with Crippen LogP contribution in [0.4, 0.5) is 18.0 Å². The fraction of sp³-hybridized carbons (Fsp3) is 0.235. The van der Waals surface area contributed by atoms with E-state index in [-0.39, 0.29) is 12.3 Å². The molecule has 2 atom stereocenters. The van der Waals surface area contributed by atoms with Crippen LogP contribution < -0.4 is 4.74 Å². The summed E-state index contributed by atoms with van der Waals surface area (Å²) in [5.41, 5.74) is 0.0147. The second-order valence-corrected chi connectivity index (χ2v) is 5.83. The van der Waals surface area contributed by atoms with Gasteiger partial charge in [-0.2, -0.15) is 4.39 Å². The van der Waals surface area contributed by atoms with Gasteiger partial charge in [0.2, 0.25) is 12.1 Å². The average molecular weight is 372 g/mol. The zero-order chi connectivity index (χ0) is 18.1. The van der Waals surface area contributed by atoms with Crippen molar-refractivity contribution in [1.82, 2.24) is 4.90 Å². The lowest BCUT2D eigenvalue weighted by Gasteiger charge is -2.19. The number of rotatable bonds is 4. The van der Waals surface area contributed by atoms with E-state index >= 15 is 0 Å². The first-order valence-corrected chi connectivity index (χ1v) is 7.69. The molecular weight excluding hydrogens is 359 g/mol.